The van der Waals surface area contributed by atoms with Gasteiger partial charge in [-0.25, -0.2) is 0 Å². The molecule has 1 aliphatic rings. The third-order valence-corrected chi connectivity index (χ3v) is 5.04. The zero-order valence-electron chi connectivity index (χ0n) is 12.4. The molecule has 2 atom stereocenters. The fourth-order valence-electron chi connectivity index (χ4n) is 2.96. The number of carbonyl (C=O) groups is 1. The van der Waals surface area contributed by atoms with Crippen LogP contribution in [0.5, 0.6) is 0 Å². The number of hydrogen-bond donors (Lipinski definition) is 1. The van der Waals surface area contributed by atoms with Crippen molar-refractivity contribution < 1.29 is 18.0 Å². The van der Waals surface area contributed by atoms with Crippen LogP contribution in [0.15, 0.2) is 18.2 Å². The van der Waals surface area contributed by atoms with Crippen molar-refractivity contribution in [1.29, 1.82) is 0 Å². The molecule has 0 radical (unpaired) electrons. The third-order valence-electron chi connectivity index (χ3n) is 4.19. The van der Waals surface area contributed by atoms with Gasteiger partial charge in [-0.2, -0.15) is 13.2 Å². The van der Waals surface area contributed by atoms with E-state index in [9.17, 15) is 18.0 Å². The molecule has 0 aromatic heterocycles. The highest BCUT2D eigenvalue weighted by Gasteiger charge is 2.45. The summed E-state index contributed by atoms with van der Waals surface area (Å²) in [5, 5.41) is 3.32. The van der Waals surface area contributed by atoms with Gasteiger partial charge in [-0.05, 0) is 30.9 Å². The molecule has 128 valence electrons. The van der Waals surface area contributed by atoms with E-state index in [4.69, 9.17) is 23.2 Å². The molecule has 1 aromatic carbocycles. The van der Waals surface area contributed by atoms with Gasteiger partial charge in [0.1, 0.15) is 0 Å². The molecule has 1 fully saturated rings. The zero-order chi connectivity index (χ0) is 17.0. The average molecular weight is 368 g/mol. The SMILES string of the molecule is O=C(CCc1cccc(Cl)c1Cl)NC1CCCCC1C(F)(F)F. The normalized spacial score (nSPS) is 22.0. The zero-order valence-corrected chi connectivity index (χ0v) is 13.9. The predicted molar refractivity (Wildman–Crippen MR) is 84.7 cm³/mol. The number of amides is 1. The number of nitrogens with one attached hydrogen (secondary N) is 1. The molecule has 23 heavy (non-hydrogen) atoms. The summed E-state index contributed by atoms with van der Waals surface area (Å²) in [6.07, 6.45) is -2.14. The summed E-state index contributed by atoms with van der Waals surface area (Å²) in [7, 11) is 0. The van der Waals surface area contributed by atoms with Crippen LogP contribution in [0.4, 0.5) is 13.2 Å². The Bertz CT molecular complexity index is 563. The van der Waals surface area contributed by atoms with Crippen molar-refractivity contribution in [2.75, 3.05) is 0 Å². The van der Waals surface area contributed by atoms with Crippen molar-refractivity contribution in [2.24, 2.45) is 5.92 Å². The highest BCUT2D eigenvalue weighted by Crippen LogP contribution is 2.37. The van der Waals surface area contributed by atoms with Gasteiger partial charge in [-0.15, -0.1) is 0 Å². The van der Waals surface area contributed by atoms with E-state index in [1.165, 1.54) is 0 Å². The van der Waals surface area contributed by atoms with Gasteiger partial charge >= 0.3 is 6.18 Å². The van der Waals surface area contributed by atoms with Crippen molar-refractivity contribution in [3.05, 3.63) is 33.8 Å². The molecule has 2 rings (SSSR count). The topological polar surface area (TPSA) is 29.1 Å². The van der Waals surface area contributed by atoms with Gasteiger partial charge in [-0.1, -0.05) is 48.2 Å². The van der Waals surface area contributed by atoms with Crippen LogP contribution < -0.4 is 5.32 Å². The van der Waals surface area contributed by atoms with Crippen molar-refractivity contribution in [1.82, 2.24) is 5.32 Å². The maximum atomic E-state index is 13.0. The lowest BCUT2D eigenvalue weighted by molar-refractivity contribution is -0.189. The van der Waals surface area contributed by atoms with E-state index in [0.29, 0.717) is 41.3 Å². The number of halogens is 5. The first kappa shape index (κ1) is 18.4. The Morgan fingerprint density at radius 2 is 1.91 bits per heavy atom. The van der Waals surface area contributed by atoms with E-state index in [2.05, 4.69) is 5.32 Å². The lowest BCUT2D eigenvalue weighted by Gasteiger charge is -2.33. The summed E-state index contributed by atoms with van der Waals surface area (Å²) in [4.78, 5) is 12.0. The van der Waals surface area contributed by atoms with E-state index in [1.807, 2.05) is 0 Å². The van der Waals surface area contributed by atoms with E-state index in [-0.39, 0.29) is 18.7 Å². The molecule has 2 unspecified atom stereocenters. The van der Waals surface area contributed by atoms with Crippen molar-refractivity contribution in [3.8, 4) is 0 Å². The molecular weight excluding hydrogens is 350 g/mol. The molecule has 0 bridgehead atoms. The molecule has 1 aliphatic carbocycles. The monoisotopic (exact) mass is 367 g/mol. The molecule has 1 amide bonds. The largest absolute Gasteiger partial charge is 0.393 e. The van der Waals surface area contributed by atoms with Crippen LogP contribution in [0.2, 0.25) is 10.0 Å². The fourth-order valence-corrected chi connectivity index (χ4v) is 3.38. The molecule has 7 heteroatoms. The maximum absolute atomic E-state index is 13.0. The Balaban J connectivity index is 1.92. The van der Waals surface area contributed by atoms with Gasteiger partial charge < -0.3 is 5.32 Å². The van der Waals surface area contributed by atoms with Crippen molar-refractivity contribution in [3.63, 3.8) is 0 Å². The highest BCUT2D eigenvalue weighted by molar-refractivity contribution is 6.42. The summed E-state index contributed by atoms with van der Waals surface area (Å²) in [5.41, 5.74) is 0.713. The highest BCUT2D eigenvalue weighted by atomic mass is 35.5. The number of alkyl halides is 3. The van der Waals surface area contributed by atoms with Crippen LogP contribution in [-0.2, 0) is 11.2 Å². The molecule has 1 N–H and O–H groups in total. The fraction of sp³-hybridized carbons (Fsp3) is 0.562. The molecule has 0 saturated heterocycles. The lowest BCUT2D eigenvalue weighted by Crippen LogP contribution is -2.47. The molecule has 1 aromatic rings. The van der Waals surface area contributed by atoms with Crippen LogP contribution in [0.25, 0.3) is 0 Å². The Morgan fingerprint density at radius 3 is 2.61 bits per heavy atom. The quantitative estimate of drug-likeness (QED) is 0.781. The van der Waals surface area contributed by atoms with Crippen LogP contribution in [0.3, 0.4) is 0 Å². The van der Waals surface area contributed by atoms with Crippen molar-refractivity contribution >= 4 is 29.1 Å². The Kier molecular flexibility index (Phi) is 6.20. The van der Waals surface area contributed by atoms with E-state index < -0.39 is 18.1 Å². The Hall–Kier alpha value is -0.940. The van der Waals surface area contributed by atoms with Gasteiger partial charge in [0.15, 0.2) is 0 Å². The first-order valence-corrected chi connectivity index (χ1v) is 8.33. The summed E-state index contributed by atoms with van der Waals surface area (Å²) < 4.78 is 39.0. The van der Waals surface area contributed by atoms with Gasteiger partial charge in [-0.3, -0.25) is 4.79 Å². The smallest absolute Gasteiger partial charge is 0.353 e. The third kappa shape index (κ3) is 5.01. The Labute approximate surface area is 143 Å². The van der Waals surface area contributed by atoms with Crippen molar-refractivity contribution in [2.45, 2.75) is 50.7 Å². The first-order valence-electron chi connectivity index (χ1n) is 7.58. The summed E-state index contributed by atoms with van der Waals surface area (Å²) >= 11 is 11.9. The van der Waals surface area contributed by atoms with Gasteiger partial charge in [0.25, 0.3) is 0 Å². The second-order valence-electron chi connectivity index (χ2n) is 5.82. The second-order valence-corrected chi connectivity index (χ2v) is 6.60. The summed E-state index contributed by atoms with van der Waals surface area (Å²) in [6.45, 7) is 0. The first-order chi connectivity index (χ1) is 10.8. The van der Waals surface area contributed by atoms with E-state index in [1.54, 1.807) is 18.2 Å². The molecule has 0 spiro atoms. The molecular formula is C16H18Cl2F3NO. The van der Waals surface area contributed by atoms with Crippen LogP contribution in [0, 0.1) is 5.92 Å². The average Bonchev–Trinajstić information content (AvgIpc) is 2.48. The minimum absolute atomic E-state index is 0.0779. The van der Waals surface area contributed by atoms with Crippen LogP contribution in [0.1, 0.15) is 37.7 Å². The number of rotatable bonds is 4. The van der Waals surface area contributed by atoms with Crippen LogP contribution in [-0.4, -0.2) is 18.1 Å². The summed E-state index contributed by atoms with van der Waals surface area (Å²) in [6, 6.07) is 4.29. The Morgan fingerprint density at radius 1 is 1.22 bits per heavy atom. The minimum Gasteiger partial charge on any atom is -0.353 e. The molecule has 1 saturated carbocycles. The summed E-state index contributed by atoms with van der Waals surface area (Å²) in [5.74, 6) is -1.84. The molecule has 0 aliphatic heterocycles. The van der Waals surface area contributed by atoms with Gasteiger partial charge in [0.2, 0.25) is 5.91 Å². The molecule has 0 heterocycles. The minimum atomic E-state index is -4.27. The number of benzene rings is 1. The standard InChI is InChI=1S/C16H18Cl2F3NO/c17-12-6-3-4-10(15(12)18)8-9-14(23)22-13-7-2-1-5-11(13)16(19,20)21/h3-4,6,11,13H,1-2,5,7-9H2,(H,22,23). The van der Waals surface area contributed by atoms with Gasteiger partial charge in [0.05, 0.1) is 16.0 Å². The number of aryl methyl sites for hydroxylation is 1. The van der Waals surface area contributed by atoms with Crippen LogP contribution >= 0.6 is 23.2 Å². The number of hydrogen-bond acceptors (Lipinski definition) is 1. The van der Waals surface area contributed by atoms with Gasteiger partial charge in [0, 0.05) is 12.5 Å². The maximum Gasteiger partial charge on any atom is 0.393 e. The lowest BCUT2D eigenvalue weighted by atomic mass is 9.84. The molecule has 2 nitrogen and oxygen atoms in total. The van der Waals surface area contributed by atoms with E-state index in [0.717, 1.165) is 0 Å². The predicted octanol–water partition coefficient (Wildman–Crippen LogP) is 5.16. The number of carbonyl (C=O) groups excluding carboxylic acids is 1. The van der Waals surface area contributed by atoms with E-state index >= 15 is 0 Å². The second kappa shape index (κ2) is 7.75.